The zero-order valence-electron chi connectivity index (χ0n) is 11.5. The van der Waals surface area contributed by atoms with Crippen molar-refractivity contribution in [3.63, 3.8) is 0 Å². The Morgan fingerprint density at radius 2 is 2.05 bits per heavy atom. The zero-order chi connectivity index (χ0) is 15.3. The van der Waals surface area contributed by atoms with Crippen molar-refractivity contribution in [2.24, 2.45) is 5.90 Å². The van der Waals surface area contributed by atoms with Crippen molar-refractivity contribution < 1.29 is 19.3 Å². The lowest BCUT2D eigenvalue weighted by Crippen LogP contribution is -2.26. The molecule has 1 aromatic carbocycles. The van der Waals surface area contributed by atoms with Crippen LogP contribution in [-0.4, -0.2) is 16.5 Å². The van der Waals surface area contributed by atoms with Gasteiger partial charge in [-0.05, 0) is 32.4 Å². The van der Waals surface area contributed by atoms with Crippen LogP contribution in [0.4, 0.5) is 5.69 Å². The highest BCUT2D eigenvalue weighted by Gasteiger charge is 2.21. The van der Waals surface area contributed by atoms with Gasteiger partial charge < -0.3 is 9.57 Å². The molecule has 0 saturated carbocycles. The molecule has 20 heavy (non-hydrogen) atoms. The Morgan fingerprint density at radius 3 is 2.55 bits per heavy atom. The highest BCUT2D eigenvalue weighted by molar-refractivity contribution is 5.91. The topological polar surface area (TPSA) is 105 Å². The average molecular weight is 280 g/mol. The quantitative estimate of drug-likeness (QED) is 0.298. The van der Waals surface area contributed by atoms with Crippen molar-refractivity contribution in [2.75, 3.05) is 0 Å². The molecule has 0 aliphatic heterocycles. The molecule has 0 spiro atoms. The van der Waals surface area contributed by atoms with Gasteiger partial charge in [-0.3, -0.25) is 10.1 Å². The Kier molecular flexibility index (Phi) is 4.82. The summed E-state index contributed by atoms with van der Waals surface area (Å²) in [6.07, 6.45) is 1.28. The minimum Gasteiger partial charge on any atom is -0.454 e. The van der Waals surface area contributed by atoms with Crippen LogP contribution in [-0.2, 0) is 14.4 Å². The van der Waals surface area contributed by atoms with Crippen molar-refractivity contribution in [3.8, 4) is 0 Å². The highest BCUT2D eigenvalue weighted by atomic mass is 16.6. The average Bonchev–Trinajstić information content (AvgIpc) is 2.34. The van der Waals surface area contributed by atoms with Crippen LogP contribution in [0.3, 0.4) is 0 Å². The summed E-state index contributed by atoms with van der Waals surface area (Å²) < 4.78 is 5.09. The SMILES string of the molecule is CC(C)(C)OC(=O)/C(=C/c1cccc([N+](=O)[O-])c1)ON. The predicted molar refractivity (Wildman–Crippen MR) is 72.2 cm³/mol. The first-order valence-corrected chi connectivity index (χ1v) is 5.79. The van der Waals surface area contributed by atoms with Gasteiger partial charge in [0.1, 0.15) is 5.60 Å². The van der Waals surface area contributed by atoms with Crippen LogP contribution < -0.4 is 5.90 Å². The van der Waals surface area contributed by atoms with Crippen LogP contribution in [0.1, 0.15) is 26.3 Å². The molecule has 0 bridgehead atoms. The lowest BCUT2D eigenvalue weighted by molar-refractivity contribution is -0.384. The summed E-state index contributed by atoms with van der Waals surface area (Å²) in [6, 6.07) is 5.71. The largest absolute Gasteiger partial charge is 0.454 e. The molecule has 0 amide bonds. The molecule has 0 fully saturated rings. The molecule has 2 N–H and O–H groups in total. The fourth-order valence-corrected chi connectivity index (χ4v) is 1.35. The summed E-state index contributed by atoms with van der Waals surface area (Å²) in [5, 5.41) is 10.7. The van der Waals surface area contributed by atoms with Crippen molar-refractivity contribution in [2.45, 2.75) is 26.4 Å². The fourth-order valence-electron chi connectivity index (χ4n) is 1.35. The minimum atomic E-state index is -0.744. The van der Waals surface area contributed by atoms with E-state index in [0.717, 1.165) is 0 Å². The second-order valence-corrected chi connectivity index (χ2v) is 4.98. The second-order valence-electron chi connectivity index (χ2n) is 4.98. The number of hydrogen-bond acceptors (Lipinski definition) is 6. The Balaban J connectivity index is 3.02. The van der Waals surface area contributed by atoms with Gasteiger partial charge in [0.05, 0.1) is 4.92 Å². The van der Waals surface area contributed by atoms with E-state index in [2.05, 4.69) is 4.84 Å². The summed E-state index contributed by atoms with van der Waals surface area (Å²) in [4.78, 5) is 26.4. The molecule has 0 aliphatic carbocycles. The molecule has 0 atom stereocenters. The standard InChI is InChI=1S/C13H16N2O5/c1-13(2,3)19-12(16)11(20-14)8-9-5-4-6-10(7-9)15(17)18/h4-8H,14H2,1-3H3/b11-8-. The lowest BCUT2D eigenvalue weighted by atomic mass is 10.1. The predicted octanol–water partition coefficient (Wildman–Crippen LogP) is 2.17. The van der Waals surface area contributed by atoms with Crippen LogP contribution in [0.15, 0.2) is 30.0 Å². The number of nitro benzene ring substituents is 1. The molecular formula is C13H16N2O5. The third-order valence-electron chi connectivity index (χ3n) is 2.11. The molecule has 7 nitrogen and oxygen atoms in total. The third kappa shape index (κ3) is 4.69. The zero-order valence-corrected chi connectivity index (χ0v) is 11.5. The van der Waals surface area contributed by atoms with Gasteiger partial charge in [-0.1, -0.05) is 12.1 Å². The molecule has 0 unspecified atom stereocenters. The smallest absolute Gasteiger partial charge is 0.376 e. The number of carbonyl (C=O) groups is 1. The van der Waals surface area contributed by atoms with E-state index in [-0.39, 0.29) is 11.4 Å². The van der Waals surface area contributed by atoms with Gasteiger partial charge in [-0.2, -0.15) is 5.90 Å². The van der Waals surface area contributed by atoms with Crippen LogP contribution in [0.25, 0.3) is 6.08 Å². The fraction of sp³-hybridized carbons (Fsp3) is 0.308. The molecule has 0 saturated heterocycles. The lowest BCUT2D eigenvalue weighted by Gasteiger charge is -2.19. The van der Waals surface area contributed by atoms with Gasteiger partial charge in [-0.15, -0.1) is 0 Å². The first-order chi connectivity index (χ1) is 9.23. The van der Waals surface area contributed by atoms with E-state index in [1.54, 1.807) is 26.8 Å². The molecule has 108 valence electrons. The summed E-state index contributed by atoms with van der Waals surface area (Å²) in [5.41, 5.74) is -0.387. The number of non-ortho nitro benzene ring substituents is 1. The molecule has 7 heteroatoms. The van der Waals surface area contributed by atoms with Crippen LogP contribution >= 0.6 is 0 Å². The highest BCUT2D eigenvalue weighted by Crippen LogP contribution is 2.17. The number of ether oxygens (including phenoxy) is 1. The summed E-state index contributed by atoms with van der Waals surface area (Å²) in [6.45, 7) is 5.10. The monoisotopic (exact) mass is 280 g/mol. The number of nitrogens with two attached hydrogens (primary N) is 1. The van der Waals surface area contributed by atoms with Gasteiger partial charge >= 0.3 is 5.97 Å². The minimum absolute atomic E-state index is 0.0979. The van der Waals surface area contributed by atoms with Crippen molar-refractivity contribution in [3.05, 3.63) is 45.7 Å². The Hall–Kier alpha value is -2.41. The molecule has 0 heterocycles. The van der Waals surface area contributed by atoms with Gasteiger partial charge in [0.15, 0.2) is 0 Å². The molecule has 0 radical (unpaired) electrons. The van der Waals surface area contributed by atoms with Crippen molar-refractivity contribution in [1.82, 2.24) is 0 Å². The van der Waals surface area contributed by atoms with Gasteiger partial charge in [-0.25, -0.2) is 4.79 Å². The van der Waals surface area contributed by atoms with Gasteiger partial charge in [0.25, 0.3) is 5.69 Å². The Labute approximate surface area is 116 Å². The number of nitrogens with zero attached hydrogens (tertiary/aromatic N) is 1. The number of hydrogen-bond donors (Lipinski definition) is 1. The molecule has 0 aliphatic rings. The van der Waals surface area contributed by atoms with Crippen molar-refractivity contribution >= 4 is 17.7 Å². The van der Waals surface area contributed by atoms with E-state index in [9.17, 15) is 14.9 Å². The van der Waals surface area contributed by atoms with E-state index in [0.29, 0.717) is 5.56 Å². The maximum Gasteiger partial charge on any atom is 0.376 e. The van der Waals surface area contributed by atoms with E-state index in [4.69, 9.17) is 10.6 Å². The summed E-state index contributed by atoms with van der Waals surface area (Å²) in [7, 11) is 0. The Morgan fingerprint density at radius 1 is 1.40 bits per heavy atom. The van der Waals surface area contributed by atoms with E-state index < -0.39 is 16.5 Å². The van der Waals surface area contributed by atoms with E-state index >= 15 is 0 Å². The van der Waals surface area contributed by atoms with Crippen LogP contribution in [0.5, 0.6) is 0 Å². The summed E-state index contributed by atoms with van der Waals surface area (Å²) in [5.74, 6) is 4.06. The van der Waals surface area contributed by atoms with E-state index in [1.165, 1.54) is 24.3 Å². The number of rotatable bonds is 4. The number of carbonyl (C=O) groups excluding carboxylic acids is 1. The molecule has 0 aromatic heterocycles. The number of esters is 1. The third-order valence-corrected chi connectivity index (χ3v) is 2.11. The number of benzene rings is 1. The van der Waals surface area contributed by atoms with Crippen molar-refractivity contribution in [1.29, 1.82) is 0 Å². The van der Waals surface area contributed by atoms with Gasteiger partial charge in [0, 0.05) is 12.1 Å². The van der Waals surface area contributed by atoms with Crippen LogP contribution in [0, 0.1) is 10.1 Å². The first-order valence-electron chi connectivity index (χ1n) is 5.79. The molecule has 1 aromatic rings. The van der Waals surface area contributed by atoms with Crippen LogP contribution in [0.2, 0.25) is 0 Å². The maximum atomic E-state index is 11.8. The van der Waals surface area contributed by atoms with Gasteiger partial charge in [0.2, 0.25) is 5.76 Å². The number of nitro groups is 1. The summed E-state index contributed by atoms with van der Waals surface area (Å²) >= 11 is 0. The normalized spacial score (nSPS) is 11.9. The Bertz CT molecular complexity index is 546. The molecular weight excluding hydrogens is 264 g/mol. The molecule has 1 rings (SSSR count). The van der Waals surface area contributed by atoms with E-state index in [1.807, 2.05) is 0 Å². The maximum absolute atomic E-state index is 11.8. The second kappa shape index (κ2) is 6.16. The first kappa shape index (κ1) is 15.6.